The van der Waals surface area contributed by atoms with Crippen LogP contribution in [0.5, 0.6) is 0 Å². The summed E-state index contributed by atoms with van der Waals surface area (Å²) in [6.07, 6.45) is -9.09. The Morgan fingerprint density at radius 1 is 1.14 bits per heavy atom. The smallest absolute Gasteiger partial charge is 0.394 e. The minimum Gasteiger partial charge on any atom is -0.394 e. The molecule has 0 aliphatic carbocycles. The third kappa shape index (κ3) is 6.92. The number of H-pyrrole nitrogens is 1. The zero-order valence-corrected chi connectivity index (χ0v) is 21.1. The number of thiol groups is 1. The van der Waals surface area contributed by atoms with Gasteiger partial charge in [0.25, 0.3) is 5.56 Å². The molecule has 10 atom stereocenters. The Bertz CT molecular complexity index is 1140. The normalized spacial score (nSPS) is 36.3. The van der Waals surface area contributed by atoms with E-state index in [1.807, 2.05) is 0 Å². The molecule has 10 unspecified atom stereocenters. The summed E-state index contributed by atoms with van der Waals surface area (Å²) in [4.78, 5) is 45.3. The van der Waals surface area contributed by atoms with E-state index in [9.17, 15) is 48.9 Å². The molecule has 1 aromatic heterocycles. The second kappa shape index (κ2) is 11.4. The molecule has 1 aromatic rings. The number of hydrogen-bond donors (Lipinski definition) is 8. The fraction of sp³-hybridized carbons (Fsp3) is 0.750. The van der Waals surface area contributed by atoms with Crippen LogP contribution < -0.4 is 11.2 Å². The topological polar surface area (TPSA) is 257 Å². The van der Waals surface area contributed by atoms with Crippen molar-refractivity contribution in [2.75, 3.05) is 13.2 Å². The first-order chi connectivity index (χ1) is 16.6. The molecular weight excluding hydrogens is 554 g/mol. The molecule has 2 fully saturated rings. The number of aromatic amines is 1. The van der Waals surface area contributed by atoms with Gasteiger partial charge in [0.15, 0.2) is 6.29 Å². The monoisotopic (exact) mass is 580 g/mol. The molecule has 2 aliphatic heterocycles. The molecule has 20 heteroatoms. The number of nitrogens with zero attached hydrogens (tertiary/aromatic N) is 1. The van der Waals surface area contributed by atoms with Gasteiger partial charge in [0, 0.05) is 18.2 Å². The molecule has 17 nitrogen and oxygen atoms in total. The summed E-state index contributed by atoms with van der Waals surface area (Å²) in [5.74, 6) is 0. The van der Waals surface area contributed by atoms with Crippen molar-refractivity contribution in [3.8, 4) is 0 Å². The van der Waals surface area contributed by atoms with E-state index in [4.69, 9.17) is 9.47 Å². The second-order valence-electron chi connectivity index (χ2n) is 8.03. The third-order valence-corrected chi connectivity index (χ3v) is 8.50. The predicted molar refractivity (Wildman–Crippen MR) is 119 cm³/mol. The summed E-state index contributed by atoms with van der Waals surface area (Å²) in [6.45, 7) is -0.183. The molecule has 3 heterocycles. The number of aromatic nitrogens is 2. The summed E-state index contributed by atoms with van der Waals surface area (Å²) in [6, 6.07) is 0. The number of ether oxygens (including phenoxy) is 2. The van der Waals surface area contributed by atoms with Gasteiger partial charge in [-0.2, -0.15) is 16.9 Å². The molecule has 0 aromatic carbocycles. The van der Waals surface area contributed by atoms with E-state index in [-0.39, 0.29) is 12.0 Å². The van der Waals surface area contributed by atoms with Gasteiger partial charge in [0.1, 0.15) is 24.5 Å². The van der Waals surface area contributed by atoms with Gasteiger partial charge < -0.3 is 39.7 Å². The van der Waals surface area contributed by atoms with E-state index in [1.165, 1.54) is 13.1 Å². The fourth-order valence-corrected chi connectivity index (χ4v) is 6.03. The molecule has 7 N–H and O–H groups in total. The second-order valence-corrected chi connectivity index (χ2v) is 11.6. The maximum atomic E-state index is 12.3. The van der Waals surface area contributed by atoms with Gasteiger partial charge in [-0.25, -0.2) is 13.9 Å². The minimum atomic E-state index is -5.43. The van der Waals surface area contributed by atoms with E-state index < -0.39 is 88.4 Å². The fourth-order valence-electron chi connectivity index (χ4n) is 3.46. The van der Waals surface area contributed by atoms with Crippen LogP contribution in [-0.2, 0) is 32.0 Å². The number of phosphoric acid groups is 2. The summed E-state index contributed by atoms with van der Waals surface area (Å²) in [5.41, 5.74) is -1.23. The van der Waals surface area contributed by atoms with Crippen molar-refractivity contribution in [1.29, 1.82) is 0 Å². The lowest BCUT2D eigenvalue weighted by atomic mass is 10.0. The third-order valence-electron chi connectivity index (χ3n) is 5.35. The van der Waals surface area contributed by atoms with Gasteiger partial charge in [-0.1, -0.05) is 0 Å². The minimum absolute atomic E-state index is 0.153. The standard InChI is InChI=1S/C16H26N2O15P2S/c1-6-3-18(16(24)17-14(6)23)10-2-7(20)9(30-10)5-29-34(25,26)33-35(27,28)32-15-13(36)12(22)11(21)8(4-19)31-15/h3,7-13,15,19-22,36H,2,4-5H2,1H3,(H,25,26)(H,27,28)(H,17,23,24). The van der Waals surface area contributed by atoms with Crippen LogP contribution in [0.1, 0.15) is 18.2 Å². The molecule has 0 radical (unpaired) electrons. The van der Waals surface area contributed by atoms with E-state index in [2.05, 4.69) is 31.0 Å². The SMILES string of the molecule is Cc1cn(C2CC(O)C(COP(=O)(O)OP(=O)(O)OC3OC(CO)C(O)C(O)C3S)O2)c(=O)[nH]c1=O. The summed E-state index contributed by atoms with van der Waals surface area (Å²) in [7, 11) is -10.8. The summed E-state index contributed by atoms with van der Waals surface area (Å²) in [5, 5.41) is 37.6. The lowest BCUT2D eigenvalue weighted by Gasteiger charge is -2.40. The average Bonchev–Trinajstić information content (AvgIpc) is 3.14. The van der Waals surface area contributed by atoms with Gasteiger partial charge in [0.2, 0.25) is 0 Å². The molecule has 206 valence electrons. The van der Waals surface area contributed by atoms with Crippen molar-refractivity contribution >= 4 is 28.3 Å². The largest absolute Gasteiger partial charge is 0.483 e. The van der Waals surface area contributed by atoms with E-state index in [0.717, 1.165) is 4.57 Å². The van der Waals surface area contributed by atoms with Gasteiger partial charge in [-0.15, -0.1) is 0 Å². The maximum absolute atomic E-state index is 12.3. The number of rotatable bonds is 9. The zero-order valence-electron chi connectivity index (χ0n) is 18.5. The van der Waals surface area contributed by atoms with Crippen molar-refractivity contribution in [2.24, 2.45) is 0 Å². The van der Waals surface area contributed by atoms with Crippen molar-refractivity contribution in [3.05, 3.63) is 32.6 Å². The quantitative estimate of drug-likeness (QED) is 0.111. The van der Waals surface area contributed by atoms with Gasteiger partial charge in [-0.05, 0) is 6.92 Å². The van der Waals surface area contributed by atoms with Crippen molar-refractivity contribution in [2.45, 2.75) is 61.6 Å². The van der Waals surface area contributed by atoms with Crippen LogP contribution in [0.4, 0.5) is 0 Å². The molecule has 0 saturated carbocycles. The highest BCUT2D eigenvalue weighted by Crippen LogP contribution is 2.61. The Morgan fingerprint density at radius 2 is 1.81 bits per heavy atom. The Labute approximate surface area is 207 Å². The van der Waals surface area contributed by atoms with E-state index in [1.54, 1.807) is 0 Å². The predicted octanol–water partition coefficient (Wildman–Crippen LogP) is -2.52. The van der Waals surface area contributed by atoms with Crippen LogP contribution in [-0.4, -0.2) is 95.0 Å². The Balaban J connectivity index is 1.59. The maximum Gasteiger partial charge on any atom is 0.483 e. The average molecular weight is 580 g/mol. The lowest BCUT2D eigenvalue weighted by Crippen LogP contribution is -2.57. The van der Waals surface area contributed by atoms with Crippen molar-refractivity contribution in [1.82, 2.24) is 9.55 Å². The number of phosphoric ester groups is 2. The highest BCUT2D eigenvalue weighted by Gasteiger charge is 2.48. The molecular formula is C16H26N2O15P2S. The summed E-state index contributed by atoms with van der Waals surface area (Å²) < 4.78 is 49.4. The summed E-state index contributed by atoms with van der Waals surface area (Å²) >= 11 is 3.90. The molecule has 36 heavy (non-hydrogen) atoms. The molecule has 2 aliphatic rings. The van der Waals surface area contributed by atoms with E-state index in [0.29, 0.717) is 0 Å². The number of aryl methyl sites for hydroxylation is 1. The van der Waals surface area contributed by atoms with Crippen LogP contribution in [0.25, 0.3) is 0 Å². The molecule has 0 spiro atoms. The van der Waals surface area contributed by atoms with Crippen LogP contribution in [0.3, 0.4) is 0 Å². The van der Waals surface area contributed by atoms with Crippen LogP contribution in [0.15, 0.2) is 15.8 Å². The number of aliphatic hydroxyl groups excluding tert-OH is 4. The first-order valence-electron chi connectivity index (χ1n) is 10.3. The van der Waals surface area contributed by atoms with Crippen molar-refractivity contribution < 1.29 is 62.2 Å². The molecule has 0 amide bonds. The van der Waals surface area contributed by atoms with E-state index >= 15 is 0 Å². The van der Waals surface area contributed by atoms with Crippen molar-refractivity contribution in [3.63, 3.8) is 0 Å². The van der Waals surface area contributed by atoms with Crippen LogP contribution in [0, 0.1) is 6.92 Å². The first-order valence-corrected chi connectivity index (χ1v) is 13.8. The van der Waals surface area contributed by atoms with Gasteiger partial charge in [-0.3, -0.25) is 23.4 Å². The van der Waals surface area contributed by atoms with Crippen LogP contribution >= 0.6 is 28.3 Å². The molecule has 3 rings (SSSR count). The van der Waals surface area contributed by atoms with Crippen LogP contribution in [0.2, 0.25) is 0 Å². The first kappa shape index (κ1) is 29.6. The Kier molecular flexibility index (Phi) is 9.40. The van der Waals surface area contributed by atoms with Gasteiger partial charge >= 0.3 is 21.3 Å². The molecule has 2 saturated heterocycles. The highest BCUT2D eigenvalue weighted by atomic mass is 32.1. The lowest BCUT2D eigenvalue weighted by molar-refractivity contribution is -0.228. The molecule has 0 bridgehead atoms. The number of nitrogens with one attached hydrogen (secondary N) is 1. The highest BCUT2D eigenvalue weighted by molar-refractivity contribution is 7.81. The zero-order chi connectivity index (χ0) is 27.0. The number of aliphatic hydroxyl groups is 4. The number of hydrogen-bond acceptors (Lipinski definition) is 14. The van der Waals surface area contributed by atoms with Gasteiger partial charge in [0.05, 0.1) is 30.7 Å². The Morgan fingerprint density at radius 3 is 2.44 bits per heavy atom. The Hall–Kier alpha value is -0.950.